The summed E-state index contributed by atoms with van der Waals surface area (Å²) in [6.45, 7) is 3.71. The van der Waals surface area contributed by atoms with E-state index in [9.17, 15) is 14.5 Å². The Kier molecular flexibility index (Phi) is 4.57. The van der Waals surface area contributed by atoms with Gasteiger partial charge in [-0.15, -0.1) is 0 Å². The van der Waals surface area contributed by atoms with Gasteiger partial charge in [-0.3, -0.25) is 15.1 Å². The zero-order valence-corrected chi connectivity index (χ0v) is 17.3. The molecule has 0 unspecified atom stereocenters. The van der Waals surface area contributed by atoms with Crippen molar-refractivity contribution in [2.45, 2.75) is 39.5 Å². The maximum absolute atomic E-state index is 14.9. The molecule has 7 nitrogen and oxygen atoms in total. The lowest BCUT2D eigenvalue weighted by Crippen LogP contribution is -2.13. The summed E-state index contributed by atoms with van der Waals surface area (Å²) in [5.74, 6) is 0.654. The molecule has 0 radical (unpaired) electrons. The fourth-order valence-electron chi connectivity index (χ4n) is 4.36. The summed E-state index contributed by atoms with van der Waals surface area (Å²) in [5.41, 5.74) is 5.07. The lowest BCUT2D eigenvalue weighted by atomic mass is 9.81. The number of nitrogens with zero attached hydrogens (tertiary/aromatic N) is 4. The minimum absolute atomic E-state index is 0.258. The molecule has 1 aromatic carbocycles. The van der Waals surface area contributed by atoms with Gasteiger partial charge in [-0.05, 0) is 43.9 Å². The summed E-state index contributed by atoms with van der Waals surface area (Å²) in [7, 11) is 0. The second-order valence-corrected chi connectivity index (χ2v) is 8.21. The van der Waals surface area contributed by atoms with Crippen LogP contribution in [0.3, 0.4) is 0 Å². The molecule has 3 heterocycles. The standard InChI is InChI=1S/C23H21FN4O3/c1-13-22(14(2)31-26-13)16-9-21-23(25-11-16)17(8-15-4-3-5-15)12-27(21)20-7-6-18(28(29)30)10-19(20)24/h6-7,9-12,15H,3-5,8H2,1-2H3. The van der Waals surface area contributed by atoms with Crippen molar-refractivity contribution in [1.29, 1.82) is 0 Å². The minimum Gasteiger partial charge on any atom is -0.361 e. The van der Waals surface area contributed by atoms with Gasteiger partial charge in [0.2, 0.25) is 0 Å². The SMILES string of the molecule is Cc1noc(C)c1-c1cnc2c(CC3CCC3)cn(-c3ccc([N+](=O)[O-])cc3F)c2c1. The Labute approximate surface area is 177 Å². The maximum Gasteiger partial charge on any atom is 0.272 e. The Morgan fingerprint density at radius 3 is 2.71 bits per heavy atom. The normalized spacial score (nSPS) is 14.2. The van der Waals surface area contributed by atoms with Crippen LogP contribution in [0.1, 0.15) is 36.3 Å². The smallest absolute Gasteiger partial charge is 0.272 e. The average molecular weight is 420 g/mol. The van der Waals surface area contributed by atoms with Crippen LogP contribution in [-0.2, 0) is 6.42 Å². The first-order valence-corrected chi connectivity index (χ1v) is 10.3. The van der Waals surface area contributed by atoms with E-state index in [1.54, 1.807) is 10.8 Å². The zero-order chi connectivity index (χ0) is 21.7. The molecular weight excluding hydrogens is 399 g/mol. The molecular formula is C23H21FN4O3. The summed E-state index contributed by atoms with van der Waals surface area (Å²) < 4.78 is 22.0. The topological polar surface area (TPSA) is 87.0 Å². The first kappa shape index (κ1) is 19.4. The highest BCUT2D eigenvalue weighted by Gasteiger charge is 2.23. The summed E-state index contributed by atoms with van der Waals surface area (Å²) in [5, 5.41) is 15.0. The molecule has 1 aliphatic carbocycles. The molecule has 5 rings (SSSR count). The minimum atomic E-state index is -0.649. The monoisotopic (exact) mass is 420 g/mol. The highest BCUT2D eigenvalue weighted by atomic mass is 19.1. The van der Waals surface area contributed by atoms with Crippen molar-refractivity contribution in [3.05, 3.63) is 69.6 Å². The predicted molar refractivity (Wildman–Crippen MR) is 114 cm³/mol. The third-order valence-electron chi connectivity index (χ3n) is 6.17. The van der Waals surface area contributed by atoms with Crippen LogP contribution in [-0.4, -0.2) is 19.6 Å². The maximum atomic E-state index is 14.9. The Morgan fingerprint density at radius 1 is 1.29 bits per heavy atom. The molecule has 31 heavy (non-hydrogen) atoms. The van der Waals surface area contributed by atoms with Crippen LogP contribution in [0.5, 0.6) is 0 Å². The van der Waals surface area contributed by atoms with Gasteiger partial charge in [-0.2, -0.15) is 0 Å². The van der Waals surface area contributed by atoms with Gasteiger partial charge >= 0.3 is 0 Å². The van der Waals surface area contributed by atoms with Crippen LogP contribution in [0.4, 0.5) is 10.1 Å². The van der Waals surface area contributed by atoms with E-state index in [4.69, 9.17) is 9.51 Å². The highest BCUT2D eigenvalue weighted by Crippen LogP contribution is 2.36. The summed E-state index contributed by atoms with van der Waals surface area (Å²) in [6.07, 6.45) is 8.22. The molecule has 158 valence electrons. The van der Waals surface area contributed by atoms with Crippen molar-refractivity contribution in [2.75, 3.05) is 0 Å². The molecule has 0 N–H and O–H groups in total. The van der Waals surface area contributed by atoms with E-state index in [2.05, 4.69) is 5.16 Å². The third kappa shape index (κ3) is 3.28. The Balaban J connectivity index is 1.70. The molecule has 4 aromatic rings. The van der Waals surface area contributed by atoms with Crippen molar-refractivity contribution in [3.63, 3.8) is 0 Å². The lowest BCUT2D eigenvalue weighted by molar-refractivity contribution is -0.385. The zero-order valence-electron chi connectivity index (χ0n) is 17.3. The molecule has 0 aliphatic heterocycles. The van der Waals surface area contributed by atoms with Crippen LogP contribution in [0.15, 0.2) is 41.2 Å². The van der Waals surface area contributed by atoms with Gasteiger partial charge in [0.05, 0.1) is 33.4 Å². The van der Waals surface area contributed by atoms with Gasteiger partial charge in [0, 0.05) is 29.6 Å². The molecule has 1 fully saturated rings. The van der Waals surface area contributed by atoms with Gasteiger partial charge in [0.25, 0.3) is 5.69 Å². The number of rotatable bonds is 5. The molecule has 0 bridgehead atoms. The van der Waals surface area contributed by atoms with Crippen molar-refractivity contribution in [3.8, 4) is 16.8 Å². The van der Waals surface area contributed by atoms with Crippen molar-refractivity contribution < 1.29 is 13.8 Å². The number of hydrogen-bond acceptors (Lipinski definition) is 5. The second-order valence-electron chi connectivity index (χ2n) is 8.21. The number of benzene rings is 1. The number of nitro benzene ring substituents is 1. The number of fused-ring (bicyclic) bond motifs is 1. The largest absolute Gasteiger partial charge is 0.361 e. The molecule has 8 heteroatoms. The molecule has 0 spiro atoms. The van der Waals surface area contributed by atoms with Crippen molar-refractivity contribution in [2.24, 2.45) is 5.92 Å². The van der Waals surface area contributed by atoms with Crippen molar-refractivity contribution >= 4 is 16.7 Å². The first-order valence-electron chi connectivity index (χ1n) is 10.3. The van der Waals surface area contributed by atoms with Gasteiger partial charge in [-0.25, -0.2) is 4.39 Å². The number of hydrogen-bond donors (Lipinski definition) is 0. The summed E-state index contributed by atoms with van der Waals surface area (Å²) in [6, 6.07) is 5.68. The molecule has 0 saturated heterocycles. The molecule has 0 atom stereocenters. The molecule has 3 aromatic heterocycles. The van der Waals surface area contributed by atoms with E-state index in [1.165, 1.54) is 31.4 Å². The Morgan fingerprint density at radius 2 is 2.10 bits per heavy atom. The molecule has 0 amide bonds. The third-order valence-corrected chi connectivity index (χ3v) is 6.17. The van der Waals surface area contributed by atoms with E-state index in [-0.39, 0.29) is 11.4 Å². The first-order chi connectivity index (χ1) is 14.9. The van der Waals surface area contributed by atoms with Crippen LogP contribution < -0.4 is 0 Å². The van der Waals surface area contributed by atoms with E-state index < -0.39 is 10.7 Å². The van der Waals surface area contributed by atoms with E-state index in [0.29, 0.717) is 11.7 Å². The Bertz CT molecular complexity index is 1300. The van der Waals surface area contributed by atoms with E-state index in [0.717, 1.165) is 45.9 Å². The van der Waals surface area contributed by atoms with E-state index in [1.807, 2.05) is 26.1 Å². The molecule has 1 saturated carbocycles. The number of halogens is 1. The van der Waals surface area contributed by atoms with Gasteiger partial charge in [-0.1, -0.05) is 24.4 Å². The number of aryl methyl sites for hydroxylation is 2. The number of aromatic nitrogens is 3. The highest BCUT2D eigenvalue weighted by molar-refractivity contribution is 5.86. The average Bonchev–Trinajstić information content (AvgIpc) is 3.23. The van der Waals surface area contributed by atoms with Gasteiger partial charge < -0.3 is 9.09 Å². The quantitative estimate of drug-likeness (QED) is 0.306. The lowest BCUT2D eigenvalue weighted by Gasteiger charge is -2.24. The second kappa shape index (κ2) is 7.30. The Hall–Kier alpha value is -3.55. The number of non-ortho nitro benzene ring substituents is 1. The number of pyridine rings is 1. The van der Waals surface area contributed by atoms with Gasteiger partial charge in [0.15, 0.2) is 5.82 Å². The van der Waals surface area contributed by atoms with Crippen LogP contribution in [0.2, 0.25) is 0 Å². The fraction of sp³-hybridized carbons (Fsp3) is 0.304. The number of nitro groups is 1. The van der Waals surface area contributed by atoms with E-state index >= 15 is 0 Å². The van der Waals surface area contributed by atoms with Crippen LogP contribution in [0.25, 0.3) is 27.8 Å². The van der Waals surface area contributed by atoms with Gasteiger partial charge in [0.1, 0.15) is 5.76 Å². The summed E-state index contributed by atoms with van der Waals surface area (Å²) >= 11 is 0. The summed E-state index contributed by atoms with van der Waals surface area (Å²) in [4.78, 5) is 15.2. The van der Waals surface area contributed by atoms with Crippen LogP contribution >= 0.6 is 0 Å². The van der Waals surface area contributed by atoms with Crippen molar-refractivity contribution in [1.82, 2.24) is 14.7 Å². The fourth-order valence-corrected chi connectivity index (χ4v) is 4.36. The molecule has 1 aliphatic rings. The van der Waals surface area contributed by atoms with Crippen LogP contribution in [0, 0.1) is 35.7 Å². The predicted octanol–water partition coefficient (Wildman–Crippen LogP) is 5.69.